The van der Waals surface area contributed by atoms with Gasteiger partial charge in [0.25, 0.3) is 5.91 Å². The first-order valence-electron chi connectivity index (χ1n) is 16.2. The standard InChI is InChI=1S/C36H44F3N5O5/c1-42(34(45)26-20-31(47-3)33(49-5)32(21-26)48-4)22-25(24-10-12-28(46-2)13-11-24)14-17-43-18-15-27(16-19-43)40-35-41-29-8-6-7-9-30(29)44(35)23-36(37,38)39/h6-13,20-21,25,27H,14-19,22-23H2,1-5H3,(H,40,41). The summed E-state index contributed by atoms with van der Waals surface area (Å²) in [6, 6.07) is 18.1. The highest BCUT2D eigenvalue weighted by atomic mass is 19.4. The zero-order valence-corrected chi connectivity index (χ0v) is 28.5. The minimum absolute atomic E-state index is 0.000310. The molecule has 4 aromatic rings. The molecule has 1 aliphatic rings. The van der Waals surface area contributed by atoms with Crippen LogP contribution in [-0.4, -0.2) is 99.1 Å². The Balaban J connectivity index is 1.24. The third kappa shape index (κ3) is 8.69. The number of para-hydroxylation sites is 2. The number of nitrogens with zero attached hydrogens (tertiary/aromatic N) is 4. The number of ether oxygens (including phenoxy) is 4. The van der Waals surface area contributed by atoms with Crippen molar-refractivity contribution in [3.63, 3.8) is 0 Å². The number of anilines is 1. The number of imidazole rings is 1. The number of amides is 1. The van der Waals surface area contributed by atoms with E-state index in [4.69, 9.17) is 18.9 Å². The molecular formula is C36H44F3N5O5. The molecule has 0 bridgehead atoms. The monoisotopic (exact) mass is 683 g/mol. The second kappa shape index (κ2) is 15.7. The van der Waals surface area contributed by atoms with E-state index < -0.39 is 12.7 Å². The molecule has 10 nitrogen and oxygen atoms in total. The number of benzene rings is 3. The van der Waals surface area contributed by atoms with E-state index in [1.54, 1.807) is 55.5 Å². The van der Waals surface area contributed by atoms with Crippen LogP contribution in [0.5, 0.6) is 23.0 Å². The van der Waals surface area contributed by atoms with Crippen LogP contribution < -0.4 is 24.3 Å². The second-order valence-corrected chi connectivity index (χ2v) is 12.2. The average Bonchev–Trinajstić information content (AvgIpc) is 3.44. The molecule has 1 saturated heterocycles. The zero-order chi connectivity index (χ0) is 35.1. The topological polar surface area (TPSA) is 90.3 Å². The van der Waals surface area contributed by atoms with Gasteiger partial charge in [0.05, 0.1) is 39.5 Å². The van der Waals surface area contributed by atoms with Crippen LogP contribution in [0.2, 0.25) is 0 Å². The first-order valence-corrected chi connectivity index (χ1v) is 16.2. The Morgan fingerprint density at radius 1 is 0.959 bits per heavy atom. The van der Waals surface area contributed by atoms with Gasteiger partial charge < -0.3 is 38.6 Å². The minimum atomic E-state index is -4.36. The fourth-order valence-electron chi connectivity index (χ4n) is 6.42. The molecule has 0 aliphatic carbocycles. The molecule has 3 aromatic carbocycles. The Morgan fingerprint density at radius 3 is 2.20 bits per heavy atom. The lowest BCUT2D eigenvalue weighted by Crippen LogP contribution is -2.41. The molecule has 1 unspecified atom stereocenters. The first-order chi connectivity index (χ1) is 23.5. The van der Waals surface area contributed by atoms with E-state index in [0.29, 0.717) is 40.4 Å². The van der Waals surface area contributed by atoms with Gasteiger partial charge in [0.15, 0.2) is 11.5 Å². The Labute approximate surface area is 284 Å². The quantitative estimate of drug-likeness (QED) is 0.162. The largest absolute Gasteiger partial charge is 0.497 e. The first kappa shape index (κ1) is 35.7. The molecule has 264 valence electrons. The van der Waals surface area contributed by atoms with Crippen LogP contribution >= 0.6 is 0 Å². The van der Waals surface area contributed by atoms with Crippen LogP contribution in [0, 0.1) is 0 Å². The molecule has 49 heavy (non-hydrogen) atoms. The Bertz CT molecular complexity index is 1680. The Hall–Kier alpha value is -4.65. The average molecular weight is 684 g/mol. The van der Waals surface area contributed by atoms with Crippen molar-refractivity contribution < 1.29 is 36.9 Å². The van der Waals surface area contributed by atoms with E-state index in [1.807, 2.05) is 24.3 Å². The molecule has 1 aromatic heterocycles. The lowest BCUT2D eigenvalue weighted by Gasteiger charge is -2.34. The van der Waals surface area contributed by atoms with Crippen molar-refractivity contribution in [1.29, 1.82) is 0 Å². The normalized spacial score (nSPS) is 14.8. The number of fused-ring (bicyclic) bond motifs is 1. The zero-order valence-electron chi connectivity index (χ0n) is 28.5. The second-order valence-electron chi connectivity index (χ2n) is 12.2. The van der Waals surface area contributed by atoms with Crippen LogP contribution in [0.1, 0.15) is 41.1 Å². The number of hydrogen-bond acceptors (Lipinski definition) is 8. The SMILES string of the molecule is COc1ccc(C(CCN2CCC(Nc3nc4ccccc4n3CC(F)(F)F)CC2)CN(C)C(=O)c2cc(OC)c(OC)c(OC)c2)cc1. The molecular weight excluding hydrogens is 639 g/mol. The maximum Gasteiger partial charge on any atom is 0.406 e. The van der Waals surface area contributed by atoms with Gasteiger partial charge in [-0.15, -0.1) is 0 Å². The van der Waals surface area contributed by atoms with Crippen molar-refractivity contribution in [3.8, 4) is 23.0 Å². The van der Waals surface area contributed by atoms with E-state index >= 15 is 0 Å². The van der Waals surface area contributed by atoms with Crippen LogP contribution in [0.15, 0.2) is 60.7 Å². The fraction of sp³-hybridized carbons (Fsp3) is 0.444. The summed E-state index contributed by atoms with van der Waals surface area (Å²) >= 11 is 0. The van der Waals surface area contributed by atoms with Crippen molar-refractivity contribution in [2.24, 2.45) is 0 Å². The number of nitrogens with one attached hydrogen (secondary N) is 1. The van der Waals surface area contributed by atoms with E-state index in [0.717, 1.165) is 50.2 Å². The Kier molecular flexibility index (Phi) is 11.4. The predicted octanol–water partition coefficient (Wildman–Crippen LogP) is 6.46. The number of piperidine rings is 1. The predicted molar refractivity (Wildman–Crippen MR) is 182 cm³/mol. The third-order valence-electron chi connectivity index (χ3n) is 9.05. The number of likely N-dealkylation sites (N-methyl/N-ethyl adjacent to an activating group) is 1. The minimum Gasteiger partial charge on any atom is -0.497 e. The van der Waals surface area contributed by atoms with Gasteiger partial charge >= 0.3 is 6.18 Å². The number of methoxy groups -OCH3 is 4. The van der Waals surface area contributed by atoms with Crippen LogP contribution in [0.3, 0.4) is 0 Å². The van der Waals surface area contributed by atoms with Crippen molar-refractivity contribution >= 4 is 22.9 Å². The molecule has 0 saturated carbocycles. The van der Waals surface area contributed by atoms with Gasteiger partial charge in [0.2, 0.25) is 11.7 Å². The summed E-state index contributed by atoms with van der Waals surface area (Å²) in [6.07, 6.45) is -2.04. The molecule has 1 atom stereocenters. The number of rotatable bonds is 14. The van der Waals surface area contributed by atoms with Crippen molar-refractivity contribution in [1.82, 2.24) is 19.4 Å². The lowest BCUT2D eigenvalue weighted by atomic mass is 9.93. The summed E-state index contributed by atoms with van der Waals surface area (Å²) in [5.74, 6) is 2.07. The number of halogens is 3. The molecule has 0 spiro atoms. The maximum absolute atomic E-state index is 13.7. The summed E-state index contributed by atoms with van der Waals surface area (Å²) < 4.78 is 63.2. The maximum atomic E-state index is 13.7. The van der Waals surface area contributed by atoms with E-state index in [-0.39, 0.29) is 23.8 Å². The Morgan fingerprint density at radius 2 is 1.61 bits per heavy atom. The summed E-state index contributed by atoms with van der Waals surface area (Å²) in [5, 5.41) is 3.30. The summed E-state index contributed by atoms with van der Waals surface area (Å²) in [4.78, 5) is 22.2. The molecule has 1 N–H and O–H groups in total. The highest BCUT2D eigenvalue weighted by molar-refractivity contribution is 5.95. The summed E-state index contributed by atoms with van der Waals surface area (Å²) in [7, 11) is 7.95. The summed E-state index contributed by atoms with van der Waals surface area (Å²) in [5.41, 5.74) is 2.50. The van der Waals surface area contributed by atoms with Gasteiger partial charge in [-0.1, -0.05) is 24.3 Å². The molecule has 13 heteroatoms. The smallest absolute Gasteiger partial charge is 0.406 e. The van der Waals surface area contributed by atoms with E-state index in [1.165, 1.54) is 25.9 Å². The van der Waals surface area contributed by atoms with Gasteiger partial charge in [0, 0.05) is 44.2 Å². The number of aromatic nitrogens is 2. The van der Waals surface area contributed by atoms with E-state index in [2.05, 4.69) is 15.2 Å². The van der Waals surface area contributed by atoms with Gasteiger partial charge in [-0.2, -0.15) is 13.2 Å². The number of carbonyl (C=O) groups excluding carboxylic acids is 1. The fourth-order valence-corrected chi connectivity index (χ4v) is 6.42. The van der Waals surface area contributed by atoms with Crippen molar-refractivity contribution in [2.45, 2.75) is 43.9 Å². The van der Waals surface area contributed by atoms with Crippen LogP contribution in [-0.2, 0) is 6.54 Å². The third-order valence-corrected chi connectivity index (χ3v) is 9.05. The number of hydrogen-bond donors (Lipinski definition) is 1. The highest BCUT2D eigenvalue weighted by Gasteiger charge is 2.31. The molecule has 1 amide bonds. The highest BCUT2D eigenvalue weighted by Crippen LogP contribution is 2.38. The lowest BCUT2D eigenvalue weighted by molar-refractivity contribution is -0.139. The van der Waals surface area contributed by atoms with Gasteiger partial charge in [-0.05, 0) is 67.8 Å². The van der Waals surface area contributed by atoms with Crippen molar-refractivity contribution in [2.75, 3.05) is 67.0 Å². The number of likely N-dealkylation sites (tertiary alicyclic amines) is 1. The molecule has 1 aliphatic heterocycles. The number of alkyl halides is 3. The van der Waals surface area contributed by atoms with Crippen LogP contribution in [0.25, 0.3) is 11.0 Å². The molecule has 1 fully saturated rings. The van der Waals surface area contributed by atoms with Gasteiger partial charge in [-0.3, -0.25) is 4.79 Å². The molecule has 5 rings (SSSR count). The van der Waals surface area contributed by atoms with Crippen molar-refractivity contribution in [3.05, 3.63) is 71.8 Å². The van der Waals surface area contributed by atoms with Gasteiger partial charge in [-0.25, -0.2) is 4.98 Å². The van der Waals surface area contributed by atoms with Gasteiger partial charge in [0.1, 0.15) is 12.3 Å². The van der Waals surface area contributed by atoms with Crippen LogP contribution in [0.4, 0.5) is 19.1 Å². The van der Waals surface area contributed by atoms with E-state index in [9.17, 15) is 18.0 Å². The molecule has 2 heterocycles. The number of carbonyl (C=O) groups is 1. The summed E-state index contributed by atoms with van der Waals surface area (Å²) in [6.45, 7) is 1.73. The molecule has 0 radical (unpaired) electrons.